The number of halogens is 1. The van der Waals surface area contributed by atoms with Crippen LogP contribution >= 0.6 is 27.3 Å². The van der Waals surface area contributed by atoms with Gasteiger partial charge in [-0.25, -0.2) is 14.4 Å². The van der Waals surface area contributed by atoms with Crippen molar-refractivity contribution in [1.29, 1.82) is 0 Å². The minimum atomic E-state index is -0.180. The van der Waals surface area contributed by atoms with Crippen molar-refractivity contribution >= 4 is 49.5 Å². The van der Waals surface area contributed by atoms with Crippen LogP contribution in [-0.4, -0.2) is 19.5 Å². The summed E-state index contributed by atoms with van der Waals surface area (Å²) in [5.41, 5.74) is 1.63. The molecular formula is C15H8BrN3O2S. The number of thiazole rings is 1. The smallest absolute Gasteiger partial charge is 0.276 e. The predicted molar refractivity (Wildman–Crippen MR) is 89.2 cm³/mol. The van der Waals surface area contributed by atoms with Gasteiger partial charge in [0, 0.05) is 16.2 Å². The molecule has 0 unspecified atom stereocenters. The van der Waals surface area contributed by atoms with E-state index < -0.39 is 0 Å². The van der Waals surface area contributed by atoms with Crippen LogP contribution in [0.4, 0.5) is 0 Å². The number of pyridine rings is 1. The lowest BCUT2D eigenvalue weighted by atomic mass is 10.2. The third-order valence-electron chi connectivity index (χ3n) is 3.27. The van der Waals surface area contributed by atoms with E-state index in [0.29, 0.717) is 26.2 Å². The largest absolute Gasteiger partial charge is 0.507 e. The first-order chi connectivity index (χ1) is 10.6. The van der Waals surface area contributed by atoms with Crippen molar-refractivity contribution in [3.8, 4) is 5.75 Å². The number of aromatic hydroxyl groups is 1. The molecular weight excluding hydrogens is 366 g/mol. The van der Waals surface area contributed by atoms with Gasteiger partial charge in [0.05, 0.1) is 4.53 Å². The number of para-hydroxylation sites is 1. The Bertz CT molecular complexity index is 1130. The van der Waals surface area contributed by atoms with E-state index >= 15 is 0 Å². The van der Waals surface area contributed by atoms with Crippen LogP contribution in [0.3, 0.4) is 0 Å². The number of phenols is 1. The Morgan fingerprint density at radius 1 is 1.32 bits per heavy atom. The minimum Gasteiger partial charge on any atom is -0.507 e. The van der Waals surface area contributed by atoms with Gasteiger partial charge in [-0.05, 0) is 34.1 Å². The third kappa shape index (κ3) is 2.01. The molecule has 108 valence electrons. The lowest BCUT2D eigenvalue weighted by molar-refractivity contribution is 0.474. The normalized spacial score (nSPS) is 12.5. The molecule has 0 atom stereocenters. The lowest BCUT2D eigenvalue weighted by Gasteiger charge is -1.95. The summed E-state index contributed by atoms with van der Waals surface area (Å²) in [5, 5.41) is 9.82. The van der Waals surface area contributed by atoms with Crippen molar-refractivity contribution < 1.29 is 5.11 Å². The molecule has 4 rings (SSSR count). The molecule has 0 spiro atoms. The summed E-state index contributed by atoms with van der Waals surface area (Å²) >= 11 is 4.62. The van der Waals surface area contributed by atoms with Crippen LogP contribution < -0.4 is 10.1 Å². The fourth-order valence-corrected chi connectivity index (χ4v) is 3.55. The number of hydrogen-bond donors (Lipinski definition) is 1. The number of hydrogen-bond acceptors (Lipinski definition) is 5. The Balaban J connectivity index is 2.04. The van der Waals surface area contributed by atoms with E-state index in [1.165, 1.54) is 15.7 Å². The molecule has 7 heteroatoms. The Morgan fingerprint density at radius 3 is 2.95 bits per heavy atom. The Morgan fingerprint density at radius 2 is 2.14 bits per heavy atom. The molecule has 1 aromatic carbocycles. The average Bonchev–Trinajstić information content (AvgIpc) is 2.98. The second-order valence-electron chi connectivity index (χ2n) is 4.70. The first-order valence-electron chi connectivity index (χ1n) is 6.40. The highest BCUT2D eigenvalue weighted by Gasteiger charge is 2.12. The Hall–Kier alpha value is -2.25. The van der Waals surface area contributed by atoms with Gasteiger partial charge in [0.1, 0.15) is 11.3 Å². The summed E-state index contributed by atoms with van der Waals surface area (Å²) in [6.07, 6.45) is 3.31. The van der Waals surface area contributed by atoms with Crippen molar-refractivity contribution in [2.24, 2.45) is 0 Å². The van der Waals surface area contributed by atoms with Crippen molar-refractivity contribution in [2.45, 2.75) is 0 Å². The van der Waals surface area contributed by atoms with E-state index in [0.717, 1.165) is 4.47 Å². The molecule has 1 N–H and O–H groups in total. The van der Waals surface area contributed by atoms with Crippen LogP contribution in [0.2, 0.25) is 0 Å². The highest BCUT2D eigenvalue weighted by Crippen LogP contribution is 2.19. The number of fused-ring (bicyclic) bond motifs is 3. The van der Waals surface area contributed by atoms with Gasteiger partial charge in [-0.15, -0.1) is 0 Å². The van der Waals surface area contributed by atoms with Crippen LogP contribution in [0.25, 0.3) is 22.2 Å². The topological polar surface area (TPSA) is 67.5 Å². The van der Waals surface area contributed by atoms with E-state index in [-0.39, 0.29) is 11.3 Å². The predicted octanol–water partition coefficient (Wildman–Crippen LogP) is 2.32. The molecule has 0 amide bonds. The van der Waals surface area contributed by atoms with E-state index in [9.17, 15) is 9.90 Å². The molecule has 0 aliphatic rings. The van der Waals surface area contributed by atoms with Gasteiger partial charge in [0.2, 0.25) is 0 Å². The molecule has 0 radical (unpaired) electrons. The molecule has 0 saturated heterocycles. The maximum absolute atomic E-state index is 12.6. The average molecular weight is 374 g/mol. The first kappa shape index (κ1) is 13.4. The molecule has 0 saturated carbocycles. The summed E-state index contributed by atoms with van der Waals surface area (Å²) in [5.74, 6) is 0.139. The van der Waals surface area contributed by atoms with E-state index in [1.54, 1.807) is 30.5 Å². The second-order valence-corrected chi connectivity index (χ2v) is 6.63. The monoisotopic (exact) mass is 373 g/mol. The molecule has 4 aromatic rings. The molecule has 0 fully saturated rings. The SMILES string of the molecule is O=c1/c(=C/c2ccccc2O)sc2nc3cc(Br)cnc3n12. The number of rotatable bonds is 1. The maximum atomic E-state index is 12.6. The van der Waals surface area contributed by atoms with Crippen molar-refractivity contribution in [2.75, 3.05) is 0 Å². The Labute approximate surface area is 136 Å². The fraction of sp³-hybridized carbons (Fsp3) is 0. The molecule has 0 aliphatic heterocycles. The van der Waals surface area contributed by atoms with Crippen LogP contribution in [0, 0.1) is 0 Å². The zero-order valence-corrected chi connectivity index (χ0v) is 13.4. The minimum absolute atomic E-state index is 0.139. The second kappa shape index (κ2) is 4.89. The van der Waals surface area contributed by atoms with Gasteiger partial charge in [0.15, 0.2) is 10.6 Å². The number of aromatic nitrogens is 3. The number of nitrogens with zero attached hydrogens (tertiary/aromatic N) is 3. The number of imidazole rings is 1. The Kier molecular flexibility index (Phi) is 2.98. The molecule has 5 nitrogen and oxygen atoms in total. The highest BCUT2D eigenvalue weighted by molar-refractivity contribution is 9.10. The standard InChI is InChI=1S/C15H8BrN3O2S/c16-9-6-10-13(17-7-9)19-14(21)12(22-15(19)18-10)5-8-3-1-2-4-11(8)20/h1-7,20H/b12-5-. The van der Waals surface area contributed by atoms with Crippen molar-refractivity contribution in [1.82, 2.24) is 14.4 Å². The first-order valence-corrected chi connectivity index (χ1v) is 8.01. The van der Waals surface area contributed by atoms with E-state index in [4.69, 9.17) is 0 Å². The van der Waals surface area contributed by atoms with Gasteiger partial charge in [0.25, 0.3) is 5.56 Å². The number of phenolic OH excluding ortho intramolecular Hbond substituents is 1. The molecule has 0 aliphatic carbocycles. The van der Waals surface area contributed by atoms with Crippen molar-refractivity contribution in [3.63, 3.8) is 0 Å². The van der Waals surface area contributed by atoms with Crippen LogP contribution in [-0.2, 0) is 0 Å². The van der Waals surface area contributed by atoms with Crippen LogP contribution in [0.5, 0.6) is 5.75 Å². The lowest BCUT2D eigenvalue weighted by Crippen LogP contribution is -2.22. The van der Waals surface area contributed by atoms with E-state index in [2.05, 4.69) is 25.9 Å². The van der Waals surface area contributed by atoms with E-state index in [1.807, 2.05) is 12.1 Å². The molecule has 3 aromatic heterocycles. The third-order valence-corrected chi connectivity index (χ3v) is 4.67. The van der Waals surface area contributed by atoms with Crippen LogP contribution in [0.15, 0.2) is 45.8 Å². The highest BCUT2D eigenvalue weighted by atomic mass is 79.9. The summed E-state index contributed by atoms with van der Waals surface area (Å²) in [7, 11) is 0. The zero-order valence-electron chi connectivity index (χ0n) is 11.0. The number of benzene rings is 1. The summed E-state index contributed by atoms with van der Waals surface area (Å²) in [6, 6.07) is 8.71. The van der Waals surface area contributed by atoms with Gasteiger partial charge in [-0.3, -0.25) is 4.79 Å². The molecule has 0 bridgehead atoms. The molecule has 22 heavy (non-hydrogen) atoms. The maximum Gasteiger partial charge on any atom is 0.276 e. The van der Waals surface area contributed by atoms with Gasteiger partial charge in [-0.2, -0.15) is 0 Å². The van der Waals surface area contributed by atoms with Crippen molar-refractivity contribution in [3.05, 3.63) is 61.5 Å². The summed E-state index contributed by atoms with van der Waals surface area (Å²) in [4.78, 5) is 21.9. The summed E-state index contributed by atoms with van der Waals surface area (Å²) < 4.78 is 2.83. The molecule has 3 heterocycles. The fourth-order valence-electron chi connectivity index (χ4n) is 2.27. The quantitative estimate of drug-likeness (QED) is 0.555. The summed E-state index contributed by atoms with van der Waals surface area (Å²) in [6.45, 7) is 0. The zero-order chi connectivity index (χ0) is 15.3. The van der Waals surface area contributed by atoms with Gasteiger partial charge < -0.3 is 5.11 Å². The van der Waals surface area contributed by atoms with Gasteiger partial charge >= 0.3 is 0 Å². The van der Waals surface area contributed by atoms with Gasteiger partial charge in [-0.1, -0.05) is 29.5 Å². The van der Waals surface area contributed by atoms with Crippen LogP contribution in [0.1, 0.15) is 5.56 Å².